The highest BCUT2D eigenvalue weighted by Crippen LogP contribution is 2.70. The van der Waals surface area contributed by atoms with Gasteiger partial charge in [-0.05, 0) is 98.7 Å². The van der Waals surface area contributed by atoms with Gasteiger partial charge in [0.25, 0.3) is 0 Å². The number of fused-ring (bicyclic) bond motifs is 7. The lowest BCUT2D eigenvalue weighted by atomic mass is 9.47. The van der Waals surface area contributed by atoms with E-state index in [-0.39, 0.29) is 28.8 Å². The Bertz CT molecular complexity index is 1190. The van der Waals surface area contributed by atoms with Gasteiger partial charge in [-0.3, -0.25) is 4.79 Å². The number of ether oxygens (including phenoxy) is 4. The highest BCUT2D eigenvalue weighted by Gasteiger charge is 2.68. The maximum absolute atomic E-state index is 12.4. The first-order valence-electron chi connectivity index (χ1n) is 18.1. The molecule has 4 aliphatic carbocycles. The van der Waals surface area contributed by atoms with Gasteiger partial charge < -0.3 is 44.7 Å². The van der Waals surface area contributed by atoms with Gasteiger partial charge in [0.2, 0.25) is 5.91 Å². The average molecular weight is 648 g/mol. The van der Waals surface area contributed by atoms with E-state index >= 15 is 0 Å². The van der Waals surface area contributed by atoms with Gasteiger partial charge in [0.15, 0.2) is 12.1 Å². The molecule has 17 atom stereocenters. The molecule has 0 aromatic carbocycles. The van der Waals surface area contributed by atoms with E-state index in [9.17, 15) is 25.2 Å². The number of aliphatic hydroxyl groups excluding tert-OH is 4. The Labute approximate surface area is 273 Å². The van der Waals surface area contributed by atoms with Gasteiger partial charge in [-0.1, -0.05) is 39.3 Å². The molecule has 6 fully saturated rings. The Hall–Kier alpha value is -1.11. The number of carbonyl (C=O) groups is 1. The molecule has 46 heavy (non-hydrogen) atoms. The molecule has 3 saturated heterocycles. The monoisotopic (exact) mass is 647 g/mol. The predicted octanol–water partition coefficient (Wildman–Crippen LogP) is 3.04. The molecule has 3 saturated carbocycles. The van der Waals surface area contributed by atoms with Crippen molar-refractivity contribution in [3.05, 3.63) is 11.6 Å². The number of allylic oxidation sites excluding steroid dienone is 1. The Kier molecular flexibility index (Phi) is 8.74. The Balaban J connectivity index is 1.05. The van der Waals surface area contributed by atoms with E-state index in [1.54, 1.807) is 0 Å². The molecule has 0 unspecified atom stereocenters. The van der Waals surface area contributed by atoms with E-state index < -0.39 is 49.3 Å². The Morgan fingerprint density at radius 3 is 2.59 bits per heavy atom. The minimum atomic E-state index is -1.42. The fourth-order valence-corrected chi connectivity index (χ4v) is 11.6. The van der Waals surface area contributed by atoms with Crippen LogP contribution in [0.4, 0.5) is 0 Å². The fourth-order valence-electron chi connectivity index (χ4n) is 11.6. The lowest BCUT2D eigenvalue weighted by Gasteiger charge is -2.58. The number of amides is 1. The molecule has 10 heteroatoms. The summed E-state index contributed by atoms with van der Waals surface area (Å²) in [7, 11) is 0. The van der Waals surface area contributed by atoms with Crippen LogP contribution in [-0.4, -0.2) is 94.3 Å². The molecule has 0 aromatic heterocycles. The third kappa shape index (κ3) is 5.15. The highest BCUT2D eigenvalue weighted by atomic mass is 16.7. The van der Waals surface area contributed by atoms with Gasteiger partial charge in [-0.15, -0.1) is 0 Å². The number of nitrogens with one attached hydrogen (secondary N) is 1. The summed E-state index contributed by atoms with van der Waals surface area (Å²) in [4.78, 5) is 12.4. The van der Waals surface area contributed by atoms with Gasteiger partial charge in [0.05, 0.1) is 25.4 Å². The van der Waals surface area contributed by atoms with E-state index in [4.69, 9.17) is 18.9 Å². The van der Waals surface area contributed by atoms with Crippen molar-refractivity contribution in [3.8, 4) is 0 Å². The Morgan fingerprint density at radius 2 is 1.89 bits per heavy atom. The first-order valence-corrected chi connectivity index (χ1v) is 18.1. The zero-order chi connectivity index (χ0) is 32.8. The SMILES string of the molecule is C[C@@H]1CC[C@@]2(OC1)O[C@H]1C[C@H]3[C@@H]4CC=C5C[C@@H](O[C@@H]6O[C@H](CO)[C@@H](O)[C@H](O)[C@H]6NC(=O)[C@H](C)O)CC[C@]5(C)[C@H]4CC[C@]3(C)[C@H]1[C@@H]2C. The van der Waals surface area contributed by atoms with Crippen LogP contribution in [0.25, 0.3) is 0 Å². The molecule has 3 heterocycles. The van der Waals surface area contributed by atoms with Gasteiger partial charge in [-0.2, -0.15) is 0 Å². The molecule has 0 bridgehead atoms. The van der Waals surface area contributed by atoms with Crippen LogP contribution < -0.4 is 5.32 Å². The van der Waals surface area contributed by atoms with Crippen molar-refractivity contribution in [2.45, 2.75) is 147 Å². The third-order valence-electron chi connectivity index (χ3n) is 14.2. The van der Waals surface area contributed by atoms with Crippen LogP contribution in [0.2, 0.25) is 0 Å². The van der Waals surface area contributed by atoms with E-state index in [2.05, 4.69) is 39.1 Å². The summed E-state index contributed by atoms with van der Waals surface area (Å²) in [6, 6.07) is -1.08. The summed E-state index contributed by atoms with van der Waals surface area (Å²) in [5.74, 6) is 2.38. The van der Waals surface area contributed by atoms with Crippen LogP contribution in [0, 0.1) is 46.3 Å². The lowest BCUT2D eigenvalue weighted by Crippen LogP contribution is -2.66. The average Bonchev–Trinajstić information content (AvgIpc) is 3.47. The molecule has 0 aromatic rings. The molecule has 10 nitrogen and oxygen atoms in total. The van der Waals surface area contributed by atoms with Crippen molar-refractivity contribution in [1.29, 1.82) is 0 Å². The largest absolute Gasteiger partial charge is 0.394 e. The molecule has 260 valence electrons. The topological polar surface area (TPSA) is 147 Å². The van der Waals surface area contributed by atoms with E-state index in [0.29, 0.717) is 35.5 Å². The van der Waals surface area contributed by atoms with Crippen LogP contribution in [0.3, 0.4) is 0 Å². The van der Waals surface area contributed by atoms with Gasteiger partial charge >= 0.3 is 0 Å². The van der Waals surface area contributed by atoms with Gasteiger partial charge in [0.1, 0.15) is 30.5 Å². The zero-order valence-electron chi connectivity index (χ0n) is 28.3. The summed E-state index contributed by atoms with van der Waals surface area (Å²) in [5, 5.41) is 43.4. The van der Waals surface area contributed by atoms with E-state index in [0.717, 1.165) is 45.1 Å². The van der Waals surface area contributed by atoms with Crippen molar-refractivity contribution < 1.29 is 44.2 Å². The minimum Gasteiger partial charge on any atom is -0.394 e. The molecular weight excluding hydrogens is 590 g/mol. The maximum Gasteiger partial charge on any atom is 0.249 e. The number of aliphatic hydroxyl groups is 4. The molecule has 5 N–H and O–H groups in total. The molecule has 0 radical (unpaired) electrons. The van der Waals surface area contributed by atoms with Crippen molar-refractivity contribution in [1.82, 2.24) is 5.32 Å². The van der Waals surface area contributed by atoms with Crippen LogP contribution >= 0.6 is 0 Å². The van der Waals surface area contributed by atoms with Crippen LogP contribution in [0.5, 0.6) is 0 Å². The first kappa shape index (κ1) is 33.4. The summed E-state index contributed by atoms with van der Waals surface area (Å²) >= 11 is 0. The van der Waals surface area contributed by atoms with Crippen molar-refractivity contribution in [2.75, 3.05) is 13.2 Å². The minimum absolute atomic E-state index is 0.0921. The van der Waals surface area contributed by atoms with Gasteiger partial charge in [0, 0.05) is 12.3 Å². The molecule has 1 amide bonds. The van der Waals surface area contributed by atoms with Crippen molar-refractivity contribution in [3.63, 3.8) is 0 Å². The van der Waals surface area contributed by atoms with Crippen LogP contribution in [-0.2, 0) is 23.7 Å². The standard InChI is InChI=1S/C36H57NO9/c1-18-8-13-36(43-17-18)19(2)28-26(46-36)15-25-23-7-6-21-14-22(9-11-34(21,4)24(23)10-12-35(25,28)5)44-33-29(37-32(42)20(3)39)31(41)30(40)27(16-38)45-33/h6,18-20,22-31,33,38-41H,7-17H2,1-5H3,(H,37,42)/t18-,19+,20+,22+,23-,24+,25+,26+,27-,28+,29-,30-,31-,33-,34+,35+,36-/m1/s1. The van der Waals surface area contributed by atoms with Crippen LogP contribution in [0.1, 0.15) is 92.4 Å². The predicted molar refractivity (Wildman–Crippen MR) is 168 cm³/mol. The second-order valence-corrected chi connectivity index (χ2v) is 16.7. The Morgan fingerprint density at radius 1 is 1.11 bits per heavy atom. The maximum atomic E-state index is 12.4. The molecule has 3 aliphatic heterocycles. The van der Waals surface area contributed by atoms with Crippen LogP contribution in [0.15, 0.2) is 11.6 Å². The van der Waals surface area contributed by atoms with E-state index in [1.165, 1.54) is 31.8 Å². The molecule has 7 aliphatic rings. The second kappa shape index (κ2) is 12.0. The summed E-state index contributed by atoms with van der Waals surface area (Å²) < 4.78 is 25.8. The third-order valence-corrected chi connectivity index (χ3v) is 14.2. The summed E-state index contributed by atoms with van der Waals surface area (Å²) in [5.41, 5.74) is 1.79. The summed E-state index contributed by atoms with van der Waals surface area (Å²) in [6.07, 6.45) is 5.73. The van der Waals surface area contributed by atoms with Crippen molar-refractivity contribution >= 4 is 5.91 Å². The van der Waals surface area contributed by atoms with E-state index in [1.807, 2.05) is 0 Å². The zero-order valence-corrected chi connectivity index (χ0v) is 28.3. The first-order chi connectivity index (χ1) is 21.8. The lowest BCUT2D eigenvalue weighted by molar-refractivity contribution is -0.284. The normalized spacial score (nSPS) is 53.8. The van der Waals surface area contributed by atoms with Crippen molar-refractivity contribution in [2.24, 2.45) is 46.3 Å². The quantitative estimate of drug-likeness (QED) is 0.284. The fraction of sp³-hybridized carbons (Fsp3) is 0.917. The molecule has 7 rings (SSSR count). The number of carbonyl (C=O) groups excluding carboxylic acids is 1. The highest BCUT2D eigenvalue weighted by molar-refractivity contribution is 5.80. The molecular formula is C36H57NO9. The second-order valence-electron chi connectivity index (χ2n) is 16.7. The number of hydrogen-bond acceptors (Lipinski definition) is 9. The van der Waals surface area contributed by atoms with Gasteiger partial charge in [-0.25, -0.2) is 0 Å². The smallest absolute Gasteiger partial charge is 0.249 e. The number of hydrogen-bond donors (Lipinski definition) is 5. The number of rotatable bonds is 5. The molecule has 1 spiro atoms. The summed E-state index contributed by atoms with van der Waals surface area (Å²) in [6.45, 7) is 11.3.